The smallest absolute Gasteiger partial charge is 0.323 e. The van der Waals surface area contributed by atoms with Gasteiger partial charge in [-0.25, -0.2) is 0 Å². The van der Waals surface area contributed by atoms with Crippen LogP contribution in [0.4, 0.5) is 0 Å². The van der Waals surface area contributed by atoms with E-state index in [4.69, 9.17) is 9.84 Å². The van der Waals surface area contributed by atoms with E-state index >= 15 is 0 Å². The van der Waals surface area contributed by atoms with Gasteiger partial charge in [0.25, 0.3) is 0 Å². The predicted molar refractivity (Wildman–Crippen MR) is 43.8 cm³/mol. The van der Waals surface area contributed by atoms with Crippen LogP contribution in [0.2, 0.25) is 0 Å². The molecule has 0 amide bonds. The SMILES string of the molecule is CC1OC(C)(C)N(C)C1C(=O)O. The zero-order chi connectivity index (χ0) is 9.52. The van der Waals surface area contributed by atoms with Crippen LogP contribution in [-0.4, -0.2) is 40.9 Å². The molecule has 70 valence electrons. The van der Waals surface area contributed by atoms with Crippen LogP contribution >= 0.6 is 0 Å². The highest BCUT2D eigenvalue weighted by Gasteiger charge is 2.46. The molecule has 1 aliphatic rings. The third-order valence-electron chi connectivity index (χ3n) is 2.44. The topological polar surface area (TPSA) is 49.8 Å². The van der Waals surface area contributed by atoms with Gasteiger partial charge in [-0.05, 0) is 27.8 Å². The van der Waals surface area contributed by atoms with E-state index < -0.39 is 17.7 Å². The van der Waals surface area contributed by atoms with Gasteiger partial charge in [0.15, 0.2) is 0 Å². The van der Waals surface area contributed by atoms with Crippen LogP contribution in [0.25, 0.3) is 0 Å². The maximum atomic E-state index is 10.8. The molecule has 2 unspecified atom stereocenters. The number of carbonyl (C=O) groups is 1. The minimum atomic E-state index is -0.824. The normalized spacial score (nSPS) is 35.3. The maximum absolute atomic E-state index is 10.8. The molecule has 0 spiro atoms. The summed E-state index contributed by atoms with van der Waals surface area (Å²) in [6, 6.07) is -0.528. The number of ether oxygens (including phenoxy) is 1. The van der Waals surface area contributed by atoms with Crippen molar-refractivity contribution in [3.05, 3.63) is 0 Å². The molecule has 1 aliphatic heterocycles. The van der Waals surface area contributed by atoms with E-state index in [1.807, 2.05) is 13.8 Å². The van der Waals surface area contributed by atoms with Gasteiger partial charge >= 0.3 is 5.97 Å². The Morgan fingerprint density at radius 1 is 1.58 bits per heavy atom. The molecular weight excluding hydrogens is 158 g/mol. The van der Waals surface area contributed by atoms with Gasteiger partial charge in [0.1, 0.15) is 11.8 Å². The van der Waals surface area contributed by atoms with Crippen LogP contribution in [-0.2, 0) is 9.53 Å². The Bertz CT molecular complexity index is 202. The van der Waals surface area contributed by atoms with E-state index in [2.05, 4.69) is 0 Å². The molecule has 0 aliphatic carbocycles. The van der Waals surface area contributed by atoms with Gasteiger partial charge in [-0.2, -0.15) is 0 Å². The van der Waals surface area contributed by atoms with Crippen LogP contribution < -0.4 is 0 Å². The third kappa shape index (κ3) is 1.32. The number of likely N-dealkylation sites (N-methyl/N-ethyl adjacent to an activating group) is 1. The Balaban J connectivity index is 2.85. The summed E-state index contributed by atoms with van der Waals surface area (Å²) in [6.45, 7) is 5.52. The van der Waals surface area contributed by atoms with E-state index in [1.165, 1.54) is 0 Å². The molecule has 1 saturated heterocycles. The van der Waals surface area contributed by atoms with Crippen molar-refractivity contribution in [2.75, 3.05) is 7.05 Å². The standard InChI is InChI=1S/C8H15NO3/c1-5-6(7(10)11)9(4)8(2,3)12-5/h5-6H,1-4H3,(H,10,11). The van der Waals surface area contributed by atoms with Crippen molar-refractivity contribution < 1.29 is 14.6 Å². The Kier molecular flexibility index (Phi) is 2.14. The minimum absolute atomic E-state index is 0.248. The van der Waals surface area contributed by atoms with E-state index in [9.17, 15) is 4.79 Å². The van der Waals surface area contributed by atoms with Crippen LogP contribution in [0, 0.1) is 0 Å². The van der Waals surface area contributed by atoms with Crippen LogP contribution in [0.15, 0.2) is 0 Å². The van der Waals surface area contributed by atoms with Crippen LogP contribution in [0.1, 0.15) is 20.8 Å². The number of rotatable bonds is 1. The Labute approximate surface area is 72.1 Å². The van der Waals surface area contributed by atoms with Crippen LogP contribution in [0.5, 0.6) is 0 Å². The molecule has 0 saturated carbocycles. The fourth-order valence-corrected chi connectivity index (χ4v) is 1.62. The summed E-state index contributed by atoms with van der Waals surface area (Å²) in [5.74, 6) is -0.824. The monoisotopic (exact) mass is 173 g/mol. The first kappa shape index (κ1) is 9.48. The number of carboxylic acid groups (broad SMARTS) is 1. The maximum Gasteiger partial charge on any atom is 0.323 e. The zero-order valence-corrected chi connectivity index (χ0v) is 7.87. The number of hydrogen-bond acceptors (Lipinski definition) is 3. The fraction of sp³-hybridized carbons (Fsp3) is 0.875. The summed E-state index contributed by atoms with van der Waals surface area (Å²) >= 11 is 0. The van der Waals surface area contributed by atoms with Crippen molar-refractivity contribution in [2.45, 2.75) is 38.6 Å². The average molecular weight is 173 g/mol. The molecule has 1 N–H and O–H groups in total. The highest BCUT2D eigenvalue weighted by Crippen LogP contribution is 2.29. The second kappa shape index (κ2) is 2.71. The van der Waals surface area contributed by atoms with Crippen molar-refractivity contribution in [1.82, 2.24) is 4.90 Å². The fourth-order valence-electron chi connectivity index (χ4n) is 1.62. The van der Waals surface area contributed by atoms with Crippen LogP contribution in [0.3, 0.4) is 0 Å². The lowest BCUT2D eigenvalue weighted by molar-refractivity contribution is -0.143. The lowest BCUT2D eigenvalue weighted by Gasteiger charge is -2.27. The van der Waals surface area contributed by atoms with Gasteiger partial charge in [-0.3, -0.25) is 9.69 Å². The highest BCUT2D eigenvalue weighted by molar-refractivity contribution is 5.74. The number of hydrogen-bond donors (Lipinski definition) is 1. The largest absolute Gasteiger partial charge is 0.480 e. The molecule has 1 rings (SSSR count). The summed E-state index contributed by atoms with van der Waals surface area (Å²) in [6.07, 6.45) is -0.248. The first-order chi connectivity index (χ1) is 5.36. The average Bonchev–Trinajstić information content (AvgIpc) is 2.02. The van der Waals surface area contributed by atoms with E-state index in [1.54, 1.807) is 18.9 Å². The van der Waals surface area contributed by atoms with E-state index in [-0.39, 0.29) is 6.10 Å². The molecular formula is C8H15NO3. The second-order valence-corrected chi connectivity index (χ2v) is 3.66. The van der Waals surface area contributed by atoms with Crippen molar-refractivity contribution in [3.8, 4) is 0 Å². The molecule has 12 heavy (non-hydrogen) atoms. The van der Waals surface area contributed by atoms with Crippen molar-refractivity contribution in [3.63, 3.8) is 0 Å². The van der Waals surface area contributed by atoms with Crippen molar-refractivity contribution in [1.29, 1.82) is 0 Å². The predicted octanol–water partition coefficient (Wildman–Crippen LogP) is 0.526. The summed E-state index contributed by atoms with van der Waals surface area (Å²) in [4.78, 5) is 12.5. The Hall–Kier alpha value is -0.610. The number of carboxylic acids is 1. The molecule has 0 aromatic heterocycles. The summed E-state index contributed by atoms with van der Waals surface area (Å²) in [5, 5.41) is 8.86. The van der Waals surface area contributed by atoms with E-state index in [0.717, 1.165) is 0 Å². The van der Waals surface area contributed by atoms with Gasteiger partial charge in [-0.15, -0.1) is 0 Å². The zero-order valence-electron chi connectivity index (χ0n) is 7.87. The van der Waals surface area contributed by atoms with Gasteiger partial charge in [0.05, 0.1) is 6.10 Å². The quantitative estimate of drug-likeness (QED) is 0.628. The molecule has 4 nitrogen and oxygen atoms in total. The van der Waals surface area contributed by atoms with Gasteiger partial charge in [0.2, 0.25) is 0 Å². The highest BCUT2D eigenvalue weighted by atomic mass is 16.5. The minimum Gasteiger partial charge on any atom is -0.480 e. The Morgan fingerprint density at radius 2 is 2.08 bits per heavy atom. The Morgan fingerprint density at radius 3 is 2.25 bits per heavy atom. The molecule has 4 heteroatoms. The number of nitrogens with zero attached hydrogens (tertiary/aromatic N) is 1. The first-order valence-corrected chi connectivity index (χ1v) is 4.00. The van der Waals surface area contributed by atoms with Gasteiger partial charge < -0.3 is 9.84 Å². The molecule has 0 aromatic carbocycles. The summed E-state index contributed by atoms with van der Waals surface area (Å²) in [7, 11) is 1.77. The van der Waals surface area contributed by atoms with Gasteiger partial charge in [0, 0.05) is 0 Å². The second-order valence-electron chi connectivity index (χ2n) is 3.66. The lowest BCUT2D eigenvalue weighted by atomic mass is 10.1. The molecule has 2 atom stereocenters. The first-order valence-electron chi connectivity index (χ1n) is 4.00. The van der Waals surface area contributed by atoms with E-state index in [0.29, 0.717) is 0 Å². The molecule has 0 aromatic rings. The molecule has 1 heterocycles. The third-order valence-corrected chi connectivity index (χ3v) is 2.44. The molecule has 0 bridgehead atoms. The lowest BCUT2D eigenvalue weighted by Crippen LogP contribution is -2.44. The summed E-state index contributed by atoms with van der Waals surface area (Å²) < 4.78 is 5.48. The van der Waals surface area contributed by atoms with Crippen molar-refractivity contribution >= 4 is 5.97 Å². The molecule has 1 fully saturated rings. The molecule has 0 radical (unpaired) electrons. The number of aliphatic carboxylic acids is 1. The van der Waals surface area contributed by atoms with Crippen molar-refractivity contribution in [2.24, 2.45) is 0 Å². The summed E-state index contributed by atoms with van der Waals surface area (Å²) in [5.41, 5.74) is -0.470. The van der Waals surface area contributed by atoms with Gasteiger partial charge in [-0.1, -0.05) is 0 Å².